The molecule has 9 nitrogen and oxygen atoms in total. The van der Waals surface area contributed by atoms with Gasteiger partial charge in [0, 0.05) is 31.7 Å². The summed E-state index contributed by atoms with van der Waals surface area (Å²) in [7, 11) is 2.87. The highest BCUT2D eigenvalue weighted by Crippen LogP contribution is 2.33. The summed E-state index contributed by atoms with van der Waals surface area (Å²) in [5.41, 5.74) is 2.65. The van der Waals surface area contributed by atoms with Crippen molar-refractivity contribution in [2.24, 2.45) is 0 Å². The number of pyridine rings is 1. The Kier molecular flexibility index (Phi) is 8.39. The average molecular weight is 455 g/mol. The molecule has 176 valence electrons. The van der Waals surface area contributed by atoms with Gasteiger partial charge >= 0.3 is 5.97 Å². The number of hydrogen-bond acceptors (Lipinski definition) is 7. The summed E-state index contributed by atoms with van der Waals surface area (Å²) < 4.78 is 11.9. The van der Waals surface area contributed by atoms with Crippen LogP contribution in [-0.4, -0.2) is 60.0 Å². The molecule has 1 aromatic carbocycles. The Morgan fingerprint density at radius 2 is 1.97 bits per heavy atom. The maximum atomic E-state index is 12.9. The number of aliphatic hydroxyl groups is 1. The van der Waals surface area contributed by atoms with Gasteiger partial charge in [0.05, 0.1) is 37.7 Å². The zero-order chi connectivity index (χ0) is 23.8. The second-order valence-electron chi connectivity index (χ2n) is 7.72. The number of carbonyl (C=O) groups is 2. The van der Waals surface area contributed by atoms with Crippen molar-refractivity contribution in [3.63, 3.8) is 0 Å². The zero-order valence-corrected chi connectivity index (χ0v) is 19.1. The van der Waals surface area contributed by atoms with Crippen LogP contribution in [0.25, 0.3) is 11.0 Å². The lowest BCUT2D eigenvalue weighted by molar-refractivity contribution is -0.115. The van der Waals surface area contributed by atoms with Gasteiger partial charge < -0.3 is 29.8 Å². The molecule has 3 aromatic rings. The number of aromatic nitrogens is 2. The zero-order valence-electron chi connectivity index (χ0n) is 19.1. The molecule has 0 aliphatic carbocycles. The molecule has 33 heavy (non-hydrogen) atoms. The average Bonchev–Trinajstić information content (AvgIpc) is 3.10. The first-order valence-electron chi connectivity index (χ1n) is 10.8. The Bertz CT molecular complexity index is 1100. The van der Waals surface area contributed by atoms with Gasteiger partial charge in [-0.05, 0) is 25.0 Å². The lowest BCUT2D eigenvalue weighted by atomic mass is 10.1. The Morgan fingerprint density at radius 1 is 1.21 bits per heavy atom. The predicted octanol–water partition coefficient (Wildman–Crippen LogP) is 2.83. The fourth-order valence-electron chi connectivity index (χ4n) is 3.65. The summed E-state index contributed by atoms with van der Waals surface area (Å²) in [4.78, 5) is 30.2. The summed E-state index contributed by atoms with van der Waals surface area (Å²) >= 11 is 0. The van der Waals surface area contributed by atoms with Gasteiger partial charge in [0.2, 0.25) is 5.91 Å². The number of methoxy groups -OCH3 is 2. The van der Waals surface area contributed by atoms with Gasteiger partial charge in [-0.3, -0.25) is 4.79 Å². The van der Waals surface area contributed by atoms with E-state index in [-0.39, 0.29) is 30.7 Å². The third-order valence-corrected chi connectivity index (χ3v) is 5.24. The van der Waals surface area contributed by atoms with E-state index in [9.17, 15) is 14.7 Å². The maximum absolute atomic E-state index is 12.9. The number of nitrogens with one attached hydrogen (secondary N) is 2. The van der Waals surface area contributed by atoms with E-state index in [0.29, 0.717) is 42.0 Å². The first-order chi connectivity index (χ1) is 16.0. The number of ether oxygens (including phenoxy) is 2. The molecule has 0 fully saturated rings. The minimum atomic E-state index is -0.581. The van der Waals surface area contributed by atoms with Gasteiger partial charge in [0.25, 0.3) is 0 Å². The summed E-state index contributed by atoms with van der Waals surface area (Å²) in [5, 5.41) is 16.0. The van der Waals surface area contributed by atoms with Gasteiger partial charge in [0.1, 0.15) is 5.65 Å². The molecule has 0 radical (unpaired) electrons. The molecule has 0 unspecified atom stereocenters. The Morgan fingerprint density at radius 3 is 2.64 bits per heavy atom. The molecule has 9 heteroatoms. The summed E-state index contributed by atoms with van der Waals surface area (Å²) in [6, 6.07) is 11.2. The topological polar surface area (TPSA) is 115 Å². The summed E-state index contributed by atoms with van der Waals surface area (Å²) in [5.74, 6) is -0.841. The molecular weight excluding hydrogens is 424 g/mol. The van der Waals surface area contributed by atoms with E-state index in [1.807, 2.05) is 43.3 Å². The van der Waals surface area contributed by atoms with Crippen molar-refractivity contribution in [2.75, 3.05) is 38.1 Å². The maximum Gasteiger partial charge on any atom is 0.356 e. The van der Waals surface area contributed by atoms with Crippen LogP contribution in [-0.2, 0) is 27.2 Å². The highest BCUT2D eigenvalue weighted by molar-refractivity contribution is 6.11. The van der Waals surface area contributed by atoms with E-state index >= 15 is 0 Å². The van der Waals surface area contributed by atoms with Gasteiger partial charge in [-0.15, -0.1) is 0 Å². The lowest BCUT2D eigenvalue weighted by Gasteiger charge is -2.14. The fourth-order valence-corrected chi connectivity index (χ4v) is 3.65. The fraction of sp³-hybridized carbons (Fsp3) is 0.375. The van der Waals surface area contributed by atoms with Crippen LogP contribution >= 0.6 is 0 Å². The summed E-state index contributed by atoms with van der Waals surface area (Å²) in [6.45, 7) is 2.71. The monoisotopic (exact) mass is 454 g/mol. The number of anilines is 2. The van der Waals surface area contributed by atoms with Crippen LogP contribution in [0.15, 0.2) is 42.6 Å². The number of hydrogen-bond donors (Lipinski definition) is 3. The van der Waals surface area contributed by atoms with Gasteiger partial charge in [0.15, 0.2) is 5.69 Å². The first kappa shape index (κ1) is 24.2. The molecule has 3 rings (SSSR count). The molecule has 0 aliphatic rings. The Balaban J connectivity index is 2.07. The molecule has 2 aromatic heterocycles. The normalized spacial score (nSPS) is 11.9. The molecule has 3 N–H and O–H groups in total. The van der Waals surface area contributed by atoms with Crippen LogP contribution in [0.3, 0.4) is 0 Å². The second-order valence-corrected chi connectivity index (χ2v) is 7.72. The van der Waals surface area contributed by atoms with Crippen LogP contribution in [0, 0.1) is 0 Å². The number of esters is 1. The molecule has 0 spiro atoms. The number of fused-ring (bicyclic) bond motifs is 1. The van der Waals surface area contributed by atoms with Gasteiger partial charge in [-0.25, -0.2) is 9.78 Å². The van der Waals surface area contributed by atoms with E-state index in [4.69, 9.17) is 9.47 Å². The number of carbonyl (C=O) groups excluding carboxylic acids is 2. The largest absolute Gasteiger partial charge is 0.464 e. The smallest absolute Gasteiger partial charge is 0.356 e. The molecule has 0 bridgehead atoms. The highest BCUT2D eigenvalue weighted by Gasteiger charge is 2.26. The highest BCUT2D eigenvalue weighted by atomic mass is 16.5. The minimum absolute atomic E-state index is 0.0148. The van der Waals surface area contributed by atoms with Gasteiger partial charge in [-0.1, -0.05) is 30.3 Å². The standard InChI is InChI=1S/C24H30N4O5/c1-16(9-11-29)26-18-14-19-21(27-20(30)13-17-7-5-4-6-8-17)22(24(31)33-3)28(10-12-32-2)23(19)25-15-18/h4-8,14-16,26,29H,9-13H2,1-3H3,(H,27,30)/t16-/m0/s1. The van der Waals surface area contributed by atoms with Crippen LogP contribution in [0.1, 0.15) is 29.4 Å². The lowest BCUT2D eigenvalue weighted by Crippen LogP contribution is -2.19. The molecule has 0 aliphatic heterocycles. The molecule has 0 saturated heterocycles. The van der Waals surface area contributed by atoms with E-state index in [1.54, 1.807) is 17.9 Å². The molecular formula is C24H30N4O5. The predicted molar refractivity (Wildman–Crippen MR) is 127 cm³/mol. The SMILES string of the molecule is COCCn1c(C(=O)OC)c(NC(=O)Cc2ccccc2)c2cc(N[C@@H](C)CCO)cnc21. The van der Waals surface area contributed by atoms with Crippen molar-refractivity contribution in [3.05, 3.63) is 53.9 Å². The van der Waals surface area contributed by atoms with Crippen molar-refractivity contribution >= 4 is 34.3 Å². The number of amides is 1. The number of nitrogens with zero attached hydrogens (tertiary/aromatic N) is 2. The molecule has 1 amide bonds. The van der Waals surface area contributed by atoms with E-state index in [1.165, 1.54) is 7.11 Å². The number of aliphatic hydroxyl groups excluding tert-OH is 1. The third-order valence-electron chi connectivity index (χ3n) is 5.24. The van der Waals surface area contributed by atoms with Crippen LogP contribution in [0.5, 0.6) is 0 Å². The number of benzene rings is 1. The van der Waals surface area contributed by atoms with Crippen molar-refractivity contribution in [2.45, 2.75) is 32.4 Å². The molecule has 2 heterocycles. The van der Waals surface area contributed by atoms with Crippen LogP contribution in [0.4, 0.5) is 11.4 Å². The van der Waals surface area contributed by atoms with E-state index in [0.717, 1.165) is 5.56 Å². The second kappa shape index (κ2) is 11.4. The first-order valence-corrected chi connectivity index (χ1v) is 10.8. The van der Waals surface area contributed by atoms with Crippen LogP contribution < -0.4 is 10.6 Å². The molecule has 1 atom stereocenters. The quantitative estimate of drug-likeness (QED) is 0.382. The molecule has 0 saturated carbocycles. The van der Waals surface area contributed by atoms with Gasteiger partial charge in [-0.2, -0.15) is 0 Å². The Hall–Kier alpha value is -3.43. The summed E-state index contributed by atoms with van der Waals surface area (Å²) in [6.07, 6.45) is 2.39. The van der Waals surface area contributed by atoms with Crippen molar-refractivity contribution < 1.29 is 24.2 Å². The van der Waals surface area contributed by atoms with Crippen molar-refractivity contribution in [3.8, 4) is 0 Å². The van der Waals surface area contributed by atoms with E-state index < -0.39 is 5.97 Å². The van der Waals surface area contributed by atoms with Crippen molar-refractivity contribution in [1.29, 1.82) is 0 Å². The van der Waals surface area contributed by atoms with Crippen molar-refractivity contribution in [1.82, 2.24) is 9.55 Å². The van der Waals surface area contributed by atoms with Crippen LogP contribution in [0.2, 0.25) is 0 Å². The third kappa shape index (κ3) is 5.88. The minimum Gasteiger partial charge on any atom is -0.464 e. The van der Waals surface area contributed by atoms with E-state index in [2.05, 4.69) is 15.6 Å². The number of rotatable bonds is 11. The Labute approximate surface area is 192 Å².